The van der Waals surface area contributed by atoms with E-state index in [0.717, 1.165) is 0 Å². The Morgan fingerprint density at radius 3 is 2.15 bits per heavy atom. The maximum absolute atomic E-state index is 2.20. The van der Waals surface area contributed by atoms with E-state index in [-0.39, 0.29) is 18.9 Å². The molecule has 2 aromatic carbocycles. The van der Waals surface area contributed by atoms with Crippen molar-refractivity contribution >= 4 is 0 Å². The smallest absolute Gasteiger partial charge is 0.206 e. The first-order valence-corrected chi connectivity index (χ1v) is 4.15. The van der Waals surface area contributed by atoms with Crippen LogP contribution in [0.5, 0.6) is 0 Å². The predicted octanol–water partition coefficient (Wildman–Crippen LogP) is 0.385. The molecule has 2 rings (SSSR count). The van der Waals surface area contributed by atoms with Gasteiger partial charge in [-0.05, 0) is 0 Å². The molecular formula is C12H11Li. The number of aryl methyl sites for hydroxylation is 1. The summed E-state index contributed by atoms with van der Waals surface area (Å²) in [5, 5.41) is 0. The first-order valence-electron chi connectivity index (χ1n) is 4.15. The van der Waals surface area contributed by atoms with E-state index < -0.39 is 0 Å². The van der Waals surface area contributed by atoms with Crippen molar-refractivity contribution in [3.05, 3.63) is 54.1 Å². The molecule has 2 aromatic rings. The Kier molecular flexibility index (Phi) is 3.48. The molecule has 0 radical (unpaired) electrons. The third-order valence-electron chi connectivity index (χ3n) is 2.02. The Hall–Kier alpha value is -0.833. The van der Waals surface area contributed by atoms with Crippen LogP contribution in [0.1, 0.15) is 5.56 Å². The standard InChI is InChI=1S/C12H11.Li/c1-10-7-8-12(9-10)11-5-3-2-4-6-11;/h2-9H,1H3;/q-1;+1. The summed E-state index contributed by atoms with van der Waals surface area (Å²) in [6.07, 6.45) is 0. The van der Waals surface area contributed by atoms with Crippen LogP contribution < -0.4 is 18.9 Å². The zero-order valence-corrected chi connectivity index (χ0v) is 8.12. The van der Waals surface area contributed by atoms with Crippen LogP contribution in [0.15, 0.2) is 48.5 Å². The van der Waals surface area contributed by atoms with Gasteiger partial charge >= 0.3 is 18.9 Å². The van der Waals surface area contributed by atoms with Crippen LogP contribution in [-0.4, -0.2) is 0 Å². The van der Waals surface area contributed by atoms with Gasteiger partial charge in [-0.2, -0.15) is 23.3 Å². The molecule has 0 saturated carbocycles. The van der Waals surface area contributed by atoms with E-state index in [2.05, 4.69) is 49.4 Å². The Morgan fingerprint density at radius 2 is 1.62 bits per heavy atom. The molecule has 60 valence electrons. The molecule has 0 bridgehead atoms. The van der Waals surface area contributed by atoms with Crippen LogP contribution in [-0.2, 0) is 0 Å². The fourth-order valence-electron chi connectivity index (χ4n) is 1.37. The fraction of sp³-hybridized carbons (Fsp3) is 0.0833. The van der Waals surface area contributed by atoms with Gasteiger partial charge in [-0.25, -0.2) is 6.07 Å². The van der Waals surface area contributed by atoms with Crippen molar-refractivity contribution in [3.8, 4) is 11.1 Å². The molecule has 13 heavy (non-hydrogen) atoms. The maximum Gasteiger partial charge on any atom is 1.00 e. The molecule has 0 atom stereocenters. The van der Waals surface area contributed by atoms with E-state index in [9.17, 15) is 0 Å². The van der Waals surface area contributed by atoms with E-state index in [1.165, 1.54) is 16.7 Å². The van der Waals surface area contributed by atoms with Crippen molar-refractivity contribution in [2.75, 3.05) is 0 Å². The minimum Gasteiger partial charge on any atom is -0.206 e. The molecule has 0 aromatic heterocycles. The summed E-state index contributed by atoms with van der Waals surface area (Å²) >= 11 is 0. The summed E-state index contributed by atoms with van der Waals surface area (Å²) in [4.78, 5) is 0. The SMILES string of the molecule is C[c-]1ccc(-c2ccccc2)c1.[Li+]. The Labute approximate surface area is 91.1 Å². The van der Waals surface area contributed by atoms with Gasteiger partial charge in [0.1, 0.15) is 0 Å². The second-order valence-electron chi connectivity index (χ2n) is 3.04. The molecule has 0 fully saturated rings. The molecule has 0 nitrogen and oxygen atoms in total. The van der Waals surface area contributed by atoms with Crippen LogP contribution in [0.4, 0.5) is 0 Å². The molecular weight excluding hydrogens is 151 g/mol. The van der Waals surface area contributed by atoms with E-state index >= 15 is 0 Å². The van der Waals surface area contributed by atoms with Crippen LogP contribution in [0.3, 0.4) is 0 Å². The van der Waals surface area contributed by atoms with Crippen LogP contribution in [0.25, 0.3) is 11.1 Å². The first kappa shape index (κ1) is 10.2. The minimum atomic E-state index is 0. The topological polar surface area (TPSA) is 0 Å². The van der Waals surface area contributed by atoms with Gasteiger partial charge in [-0.1, -0.05) is 42.8 Å². The summed E-state index contributed by atoms with van der Waals surface area (Å²) in [5.74, 6) is 0. The summed E-state index contributed by atoms with van der Waals surface area (Å²) in [6.45, 7) is 2.12. The van der Waals surface area contributed by atoms with Gasteiger partial charge in [-0.15, -0.1) is 0 Å². The van der Waals surface area contributed by atoms with E-state index in [0.29, 0.717) is 0 Å². The second kappa shape index (κ2) is 4.42. The van der Waals surface area contributed by atoms with Crippen molar-refractivity contribution in [1.82, 2.24) is 0 Å². The van der Waals surface area contributed by atoms with Crippen LogP contribution in [0.2, 0.25) is 0 Å². The van der Waals surface area contributed by atoms with Crippen molar-refractivity contribution in [3.63, 3.8) is 0 Å². The van der Waals surface area contributed by atoms with Crippen molar-refractivity contribution in [1.29, 1.82) is 0 Å². The number of benzene rings is 1. The monoisotopic (exact) mass is 162 g/mol. The van der Waals surface area contributed by atoms with Crippen molar-refractivity contribution in [2.45, 2.75) is 6.92 Å². The summed E-state index contributed by atoms with van der Waals surface area (Å²) in [6, 6.07) is 16.9. The average Bonchev–Trinajstić information content (AvgIpc) is 2.54. The van der Waals surface area contributed by atoms with Gasteiger partial charge < -0.3 is 0 Å². The molecule has 0 unspecified atom stereocenters. The first-order chi connectivity index (χ1) is 5.86. The molecule has 0 aliphatic carbocycles. The van der Waals surface area contributed by atoms with Crippen molar-refractivity contribution < 1.29 is 18.9 Å². The zero-order chi connectivity index (χ0) is 8.39. The molecule has 0 aliphatic heterocycles. The molecule has 0 heterocycles. The third-order valence-corrected chi connectivity index (χ3v) is 2.02. The normalized spacial score (nSPS) is 9.31. The number of rotatable bonds is 1. The zero-order valence-electron chi connectivity index (χ0n) is 8.12. The quantitative estimate of drug-likeness (QED) is 0.420. The summed E-state index contributed by atoms with van der Waals surface area (Å²) in [5.41, 5.74) is 3.94. The molecule has 1 heteroatoms. The van der Waals surface area contributed by atoms with Crippen molar-refractivity contribution in [2.24, 2.45) is 0 Å². The van der Waals surface area contributed by atoms with Crippen LogP contribution in [0, 0.1) is 6.92 Å². The van der Waals surface area contributed by atoms with Gasteiger partial charge in [-0.3, -0.25) is 0 Å². The molecule has 0 saturated heterocycles. The van der Waals surface area contributed by atoms with E-state index in [1.54, 1.807) is 0 Å². The largest absolute Gasteiger partial charge is 1.00 e. The number of hydrogen-bond acceptors (Lipinski definition) is 0. The molecule has 0 aliphatic rings. The molecule has 0 N–H and O–H groups in total. The van der Waals surface area contributed by atoms with Gasteiger partial charge in [0.15, 0.2) is 0 Å². The van der Waals surface area contributed by atoms with E-state index in [1.807, 2.05) is 6.07 Å². The Balaban J connectivity index is 0.000000845. The average molecular weight is 162 g/mol. The number of hydrogen-bond donors (Lipinski definition) is 0. The van der Waals surface area contributed by atoms with Gasteiger partial charge in [0.05, 0.1) is 0 Å². The van der Waals surface area contributed by atoms with Gasteiger partial charge in [0.25, 0.3) is 0 Å². The second-order valence-corrected chi connectivity index (χ2v) is 3.04. The predicted molar refractivity (Wildman–Crippen MR) is 52.2 cm³/mol. The van der Waals surface area contributed by atoms with Gasteiger partial charge in [0.2, 0.25) is 0 Å². The molecule has 0 amide bonds. The van der Waals surface area contributed by atoms with Gasteiger partial charge in [0, 0.05) is 0 Å². The van der Waals surface area contributed by atoms with E-state index in [4.69, 9.17) is 0 Å². The maximum atomic E-state index is 2.20. The summed E-state index contributed by atoms with van der Waals surface area (Å²) < 4.78 is 0. The third kappa shape index (κ3) is 2.31. The minimum absolute atomic E-state index is 0. The fourth-order valence-corrected chi connectivity index (χ4v) is 1.37. The summed E-state index contributed by atoms with van der Waals surface area (Å²) in [7, 11) is 0. The Morgan fingerprint density at radius 1 is 0.923 bits per heavy atom. The molecule has 0 spiro atoms. The van der Waals surface area contributed by atoms with Crippen LogP contribution >= 0.6 is 0 Å². The Bertz CT molecular complexity index is 360.